The molecule has 8 heteroatoms. The highest BCUT2D eigenvalue weighted by Gasteiger charge is 2.52. The van der Waals surface area contributed by atoms with E-state index in [1.54, 1.807) is 4.90 Å². The first kappa shape index (κ1) is 25.5. The van der Waals surface area contributed by atoms with E-state index < -0.39 is 23.9 Å². The SMILES string of the molecule is C[C@H]1CN(C(=O)c2ccc3c(B4OC(C)(C)C(C)(C)O4)cccc3c2)CCN1C(=O)OC(C)(C)C. The van der Waals surface area contributed by atoms with Gasteiger partial charge in [-0.1, -0.05) is 24.3 Å². The van der Waals surface area contributed by atoms with Gasteiger partial charge in [-0.2, -0.15) is 0 Å². The standard InChI is InChI=1S/C27H37BN2O5/c1-18-17-29(14-15-30(18)24(32)33-25(2,3)4)23(31)20-12-13-21-19(16-20)10-9-11-22(21)28-34-26(5,6)27(7,8)35-28/h9-13,16,18H,14-15,17H2,1-8H3/t18-/m0/s1. The molecule has 2 aliphatic heterocycles. The van der Waals surface area contributed by atoms with Crippen LogP contribution in [0, 0.1) is 0 Å². The molecule has 1 atom stereocenters. The Morgan fingerprint density at radius 1 is 1.03 bits per heavy atom. The second-order valence-electron chi connectivity index (χ2n) is 11.6. The molecule has 2 heterocycles. The number of hydrogen-bond donors (Lipinski definition) is 0. The van der Waals surface area contributed by atoms with Crippen molar-refractivity contribution >= 4 is 35.4 Å². The first-order valence-corrected chi connectivity index (χ1v) is 12.4. The fraction of sp³-hybridized carbons (Fsp3) is 0.556. The zero-order valence-corrected chi connectivity index (χ0v) is 22.2. The minimum atomic E-state index is -0.548. The monoisotopic (exact) mass is 480 g/mol. The number of fused-ring (bicyclic) bond motifs is 1. The van der Waals surface area contributed by atoms with Crippen molar-refractivity contribution in [1.29, 1.82) is 0 Å². The van der Waals surface area contributed by atoms with Gasteiger partial charge in [0.05, 0.1) is 11.2 Å². The smallest absolute Gasteiger partial charge is 0.444 e. The second kappa shape index (κ2) is 8.82. The van der Waals surface area contributed by atoms with Gasteiger partial charge in [0.15, 0.2) is 0 Å². The number of amides is 2. The maximum atomic E-state index is 13.3. The fourth-order valence-corrected chi connectivity index (χ4v) is 4.53. The molecule has 188 valence electrons. The summed E-state index contributed by atoms with van der Waals surface area (Å²) in [4.78, 5) is 29.4. The Hall–Kier alpha value is -2.58. The van der Waals surface area contributed by atoms with Crippen LogP contribution in [0.5, 0.6) is 0 Å². The van der Waals surface area contributed by atoms with Crippen molar-refractivity contribution in [2.45, 2.75) is 78.2 Å². The van der Waals surface area contributed by atoms with E-state index in [2.05, 4.69) is 0 Å². The van der Waals surface area contributed by atoms with Crippen LogP contribution in [-0.2, 0) is 14.0 Å². The van der Waals surface area contributed by atoms with Crippen LogP contribution in [0.1, 0.15) is 65.7 Å². The number of carbonyl (C=O) groups excluding carboxylic acids is 2. The van der Waals surface area contributed by atoms with Crippen LogP contribution in [0.2, 0.25) is 0 Å². The highest BCUT2D eigenvalue weighted by atomic mass is 16.7. The van der Waals surface area contributed by atoms with E-state index in [0.717, 1.165) is 16.2 Å². The van der Waals surface area contributed by atoms with Crippen molar-refractivity contribution in [3.05, 3.63) is 42.0 Å². The molecule has 0 aliphatic carbocycles. The Balaban J connectivity index is 1.51. The summed E-state index contributed by atoms with van der Waals surface area (Å²) in [6, 6.07) is 11.6. The third-order valence-corrected chi connectivity index (χ3v) is 7.21. The van der Waals surface area contributed by atoms with Crippen molar-refractivity contribution < 1.29 is 23.6 Å². The lowest BCUT2D eigenvalue weighted by Crippen LogP contribution is -2.56. The largest absolute Gasteiger partial charge is 0.495 e. The quantitative estimate of drug-likeness (QED) is 0.603. The third kappa shape index (κ3) is 5.05. The molecule has 2 aliphatic rings. The Bertz CT molecular complexity index is 1120. The van der Waals surface area contributed by atoms with E-state index in [9.17, 15) is 9.59 Å². The molecule has 2 aromatic carbocycles. The molecule has 2 amide bonds. The lowest BCUT2D eigenvalue weighted by atomic mass is 9.76. The van der Waals surface area contributed by atoms with Gasteiger partial charge in [-0.3, -0.25) is 4.79 Å². The molecule has 35 heavy (non-hydrogen) atoms. The number of hydrogen-bond acceptors (Lipinski definition) is 5. The van der Waals surface area contributed by atoms with Gasteiger partial charge in [-0.05, 0) is 83.8 Å². The van der Waals surface area contributed by atoms with Gasteiger partial charge in [0.2, 0.25) is 0 Å². The molecular weight excluding hydrogens is 443 g/mol. The Morgan fingerprint density at radius 2 is 1.69 bits per heavy atom. The molecule has 0 saturated carbocycles. The van der Waals surface area contributed by atoms with Gasteiger partial charge in [0, 0.05) is 31.2 Å². The average Bonchev–Trinajstić information content (AvgIpc) is 2.97. The van der Waals surface area contributed by atoms with Crippen molar-refractivity contribution in [3.8, 4) is 0 Å². The fourth-order valence-electron chi connectivity index (χ4n) is 4.53. The molecule has 0 spiro atoms. The van der Waals surface area contributed by atoms with Crippen LogP contribution >= 0.6 is 0 Å². The number of ether oxygens (including phenoxy) is 1. The third-order valence-electron chi connectivity index (χ3n) is 7.21. The van der Waals surface area contributed by atoms with E-state index in [1.165, 1.54) is 0 Å². The Kier molecular flexibility index (Phi) is 6.43. The zero-order chi connectivity index (χ0) is 25.8. The Morgan fingerprint density at radius 3 is 2.29 bits per heavy atom. The number of benzene rings is 2. The molecule has 2 saturated heterocycles. The number of rotatable bonds is 2. The minimum absolute atomic E-state index is 0.0383. The van der Waals surface area contributed by atoms with Gasteiger partial charge in [-0.25, -0.2) is 4.79 Å². The Labute approximate surface area is 208 Å². The van der Waals surface area contributed by atoms with Gasteiger partial charge < -0.3 is 23.8 Å². The van der Waals surface area contributed by atoms with Crippen LogP contribution in [-0.4, -0.2) is 71.4 Å². The molecule has 0 bridgehead atoms. The van der Waals surface area contributed by atoms with Crippen molar-refractivity contribution in [3.63, 3.8) is 0 Å². The van der Waals surface area contributed by atoms with Gasteiger partial charge >= 0.3 is 13.2 Å². The van der Waals surface area contributed by atoms with E-state index >= 15 is 0 Å². The van der Waals surface area contributed by atoms with Crippen LogP contribution in [0.3, 0.4) is 0 Å². The van der Waals surface area contributed by atoms with E-state index in [-0.39, 0.29) is 18.0 Å². The topological polar surface area (TPSA) is 68.3 Å². The summed E-state index contributed by atoms with van der Waals surface area (Å²) < 4.78 is 18.0. The molecular formula is C27H37BN2O5. The van der Waals surface area contributed by atoms with Crippen molar-refractivity contribution in [2.24, 2.45) is 0 Å². The summed E-state index contributed by atoms with van der Waals surface area (Å²) >= 11 is 0. The van der Waals surface area contributed by atoms with E-state index in [4.69, 9.17) is 14.0 Å². The molecule has 0 N–H and O–H groups in total. The lowest BCUT2D eigenvalue weighted by Gasteiger charge is -2.40. The first-order valence-electron chi connectivity index (χ1n) is 12.4. The molecule has 4 rings (SSSR count). The normalized spacial score (nSPS) is 21.9. The highest BCUT2D eigenvalue weighted by molar-refractivity contribution is 6.65. The molecule has 7 nitrogen and oxygen atoms in total. The molecule has 2 aromatic rings. The molecule has 2 fully saturated rings. The molecule has 0 aromatic heterocycles. The zero-order valence-electron chi connectivity index (χ0n) is 22.2. The first-order chi connectivity index (χ1) is 16.2. The maximum absolute atomic E-state index is 13.3. The summed E-state index contributed by atoms with van der Waals surface area (Å²) in [7, 11) is -0.466. The van der Waals surface area contributed by atoms with Gasteiger partial charge in [-0.15, -0.1) is 0 Å². The highest BCUT2D eigenvalue weighted by Crippen LogP contribution is 2.37. The second-order valence-corrected chi connectivity index (χ2v) is 11.6. The predicted molar refractivity (Wildman–Crippen MR) is 138 cm³/mol. The summed E-state index contributed by atoms with van der Waals surface area (Å²) in [5, 5.41) is 1.97. The predicted octanol–water partition coefficient (Wildman–Crippen LogP) is 4.22. The van der Waals surface area contributed by atoms with Crippen LogP contribution in [0.15, 0.2) is 36.4 Å². The van der Waals surface area contributed by atoms with Crippen molar-refractivity contribution in [1.82, 2.24) is 9.80 Å². The number of piperazine rings is 1. The average molecular weight is 480 g/mol. The van der Waals surface area contributed by atoms with Gasteiger partial charge in [0.1, 0.15) is 5.60 Å². The van der Waals surface area contributed by atoms with Crippen LogP contribution in [0.25, 0.3) is 10.8 Å². The summed E-state index contributed by atoms with van der Waals surface area (Å²) in [6.07, 6.45) is -0.335. The minimum Gasteiger partial charge on any atom is -0.444 e. The summed E-state index contributed by atoms with van der Waals surface area (Å²) in [6.45, 7) is 17.0. The van der Waals surface area contributed by atoms with Crippen LogP contribution < -0.4 is 5.46 Å². The molecule has 0 unspecified atom stereocenters. The van der Waals surface area contributed by atoms with Gasteiger partial charge in [0.25, 0.3) is 5.91 Å². The number of nitrogens with zero attached hydrogens (tertiary/aromatic N) is 2. The summed E-state index contributed by atoms with van der Waals surface area (Å²) in [5.41, 5.74) is 0.191. The van der Waals surface area contributed by atoms with Crippen LogP contribution in [0.4, 0.5) is 4.79 Å². The van der Waals surface area contributed by atoms with E-state index in [1.807, 2.05) is 96.7 Å². The molecule has 0 radical (unpaired) electrons. The maximum Gasteiger partial charge on any atom is 0.495 e. The summed E-state index contributed by atoms with van der Waals surface area (Å²) in [5.74, 6) is -0.0383. The van der Waals surface area contributed by atoms with Crippen molar-refractivity contribution in [2.75, 3.05) is 19.6 Å². The number of carbonyl (C=O) groups is 2. The van der Waals surface area contributed by atoms with E-state index in [0.29, 0.717) is 25.2 Å². The lowest BCUT2D eigenvalue weighted by molar-refractivity contribution is 0.00198.